The monoisotopic (exact) mass is 425 g/mol. The summed E-state index contributed by atoms with van der Waals surface area (Å²) in [5.41, 5.74) is 6.09. The lowest BCUT2D eigenvalue weighted by molar-refractivity contribution is -0.0261. The van der Waals surface area contributed by atoms with Crippen LogP contribution in [0.5, 0.6) is 5.75 Å². The van der Waals surface area contributed by atoms with Gasteiger partial charge in [0, 0.05) is 29.5 Å². The van der Waals surface area contributed by atoms with Crippen LogP contribution in [-0.2, 0) is 11.2 Å². The quantitative estimate of drug-likeness (QED) is 0.631. The van der Waals surface area contributed by atoms with Crippen molar-refractivity contribution in [2.24, 2.45) is 0 Å². The van der Waals surface area contributed by atoms with Crippen molar-refractivity contribution in [3.8, 4) is 17.0 Å². The predicted molar refractivity (Wildman–Crippen MR) is 114 cm³/mol. The average Bonchev–Trinajstić information content (AvgIpc) is 3.31. The molecule has 3 heterocycles. The van der Waals surface area contributed by atoms with Gasteiger partial charge in [0.1, 0.15) is 11.4 Å². The van der Waals surface area contributed by atoms with E-state index in [1.54, 1.807) is 30.7 Å². The van der Waals surface area contributed by atoms with E-state index in [1.807, 2.05) is 35.2 Å². The fourth-order valence-corrected chi connectivity index (χ4v) is 3.99. The van der Waals surface area contributed by atoms with Gasteiger partial charge in [-0.3, -0.25) is 4.79 Å². The number of aliphatic hydroxyl groups is 1. The first kappa shape index (κ1) is 20.5. The third kappa shape index (κ3) is 4.67. The number of nitrogens with one attached hydrogen (secondary N) is 1. The summed E-state index contributed by atoms with van der Waals surface area (Å²) >= 11 is 1.57. The molecule has 0 radical (unpaired) electrons. The summed E-state index contributed by atoms with van der Waals surface area (Å²) in [4.78, 5) is 21.2. The zero-order chi connectivity index (χ0) is 20.9. The minimum atomic E-state index is -0.711. The summed E-state index contributed by atoms with van der Waals surface area (Å²) in [6, 6.07) is 9.58. The Morgan fingerprint density at radius 3 is 2.87 bits per heavy atom. The van der Waals surface area contributed by atoms with Crippen molar-refractivity contribution in [3.63, 3.8) is 0 Å². The molecule has 0 aliphatic carbocycles. The van der Waals surface area contributed by atoms with Gasteiger partial charge >= 0.3 is 0 Å². The topological polar surface area (TPSA) is 93.6 Å². The zero-order valence-electron chi connectivity index (χ0n) is 16.6. The lowest BCUT2D eigenvalue weighted by atomic mass is 10.0. The number of ether oxygens (including phenoxy) is 2. The Labute approximate surface area is 178 Å². The molecule has 1 amide bonds. The zero-order valence-corrected chi connectivity index (χ0v) is 17.4. The molecule has 7 nitrogen and oxygen atoms in total. The molecule has 3 aromatic rings. The molecule has 30 heavy (non-hydrogen) atoms. The van der Waals surface area contributed by atoms with Gasteiger partial charge in [-0.15, -0.1) is 11.3 Å². The SMILES string of the molecule is COc1cnc(C(=O)N[C@H]2CCOC[C@@H]2O)cc1Cc1ccc(-c2cscn2)cc1. The summed E-state index contributed by atoms with van der Waals surface area (Å²) in [6.07, 6.45) is 2.02. The van der Waals surface area contributed by atoms with Gasteiger partial charge in [0.15, 0.2) is 0 Å². The molecule has 0 spiro atoms. The highest BCUT2D eigenvalue weighted by molar-refractivity contribution is 7.07. The van der Waals surface area contributed by atoms with Crippen molar-refractivity contribution in [3.05, 3.63) is 64.2 Å². The number of carbonyl (C=O) groups is 1. The van der Waals surface area contributed by atoms with Gasteiger partial charge in [0.2, 0.25) is 0 Å². The van der Waals surface area contributed by atoms with Crippen LogP contribution in [0.2, 0.25) is 0 Å². The Morgan fingerprint density at radius 2 is 2.17 bits per heavy atom. The summed E-state index contributed by atoms with van der Waals surface area (Å²) in [5, 5.41) is 14.9. The van der Waals surface area contributed by atoms with Crippen LogP contribution in [0.4, 0.5) is 0 Å². The Hall–Kier alpha value is -2.81. The third-order valence-corrected chi connectivity index (χ3v) is 5.71. The summed E-state index contributed by atoms with van der Waals surface area (Å²) in [6.45, 7) is 0.739. The maximum atomic E-state index is 12.7. The van der Waals surface area contributed by atoms with E-state index >= 15 is 0 Å². The molecule has 4 rings (SSSR count). The molecule has 1 aliphatic heterocycles. The second-order valence-electron chi connectivity index (χ2n) is 7.14. The number of thiazole rings is 1. The Bertz CT molecular complexity index is 992. The molecule has 1 fully saturated rings. The first-order valence-electron chi connectivity index (χ1n) is 9.71. The van der Waals surface area contributed by atoms with Crippen molar-refractivity contribution >= 4 is 17.2 Å². The summed E-state index contributed by atoms with van der Waals surface area (Å²) < 4.78 is 10.7. The molecule has 156 valence electrons. The molecule has 0 unspecified atom stereocenters. The van der Waals surface area contributed by atoms with Crippen LogP contribution in [0.1, 0.15) is 28.0 Å². The molecule has 0 bridgehead atoms. The van der Waals surface area contributed by atoms with Crippen molar-refractivity contribution < 1.29 is 19.4 Å². The number of amides is 1. The number of rotatable bonds is 6. The molecular weight excluding hydrogens is 402 g/mol. The highest BCUT2D eigenvalue weighted by Gasteiger charge is 2.26. The number of carbonyl (C=O) groups excluding carboxylic acids is 1. The van der Waals surface area contributed by atoms with Gasteiger partial charge in [-0.1, -0.05) is 24.3 Å². The Morgan fingerprint density at radius 1 is 1.33 bits per heavy atom. The van der Waals surface area contributed by atoms with Crippen LogP contribution < -0.4 is 10.1 Å². The Kier molecular flexibility index (Phi) is 6.37. The maximum absolute atomic E-state index is 12.7. The predicted octanol–water partition coefficient (Wildman–Crippen LogP) is 2.68. The number of pyridine rings is 1. The van der Waals surface area contributed by atoms with Gasteiger partial charge in [-0.05, 0) is 18.1 Å². The number of aliphatic hydroxyl groups excluding tert-OH is 1. The van der Waals surface area contributed by atoms with Gasteiger partial charge in [-0.25, -0.2) is 9.97 Å². The second-order valence-corrected chi connectivity index (χ2v) is 7.86. The summed E-state index contributed by atoms with van der Waals surface area (Å²) in [5.74, 6) is 0.310. The maximum Gasteiger partial charge on any atom is 0.270 e. The van der Waals surface area contributed by atoms with Gasteiger partial charge in [0.05, 0.1) is 43.3 Å². The highest BCUT2D eigenvalue weighted by Crippen LogP contribution is 2.24. The van der Waals surface area contributed by atoms with E-state index in [-0.39, 0.29) is 18.6 Å². The van der Waals surface area contributed by atoms with Crippen molar-refractivity contribution in [1.29, 1.82) is 0 Å². The minimum absolute atomic E-state index is 0.225. The van der Waals surface area contributed by atoms with Gasteiger partial charge < -0.3 is 19.9 Å². The van der Waals surface area contributed by atoms with E-state index in [9.17, 15) is 9.90 Å². The van der Waals surface area contributed by atoms with E-state index in [1.165, 1.54) is 0 Å². The fraction of sp³-hybridized carbons (Fsp3) is 0.318. The van der Waals surface area contributed by atoms with E-state index in [0.717, 1.165) is 22.4 Å². The number of methoxy groups -OCH3 is 1. The van der Waals surface area contributed by atoms with Crippen LogP contribution in [0.15, 0.2) is 47.4 Å². The van der Waals surface area contributed by atoms with E-state index in [0.29, 0.717) is 30.9 Å². The normalized spacial score (nSPS) is 18.7. The molecule has 0 saturated carbocycles. The lowest BCUT2D eigenvalue weighted by Gasteiger charge is -2.28. The standard InChI is InChI=1S/C22H23N3O4S/c1-28-21-10-23-18(22(27)25-17-6-7-29-11-20(17)26)9-16(21)8-14-2-4-15(5-3-14)19-12-30-13-24-19/h2-5,9-10,12-13,17,20,26H,6-8,11H2,1H3,(H,25,27)/t17-,20-/m0/s1. The number of hydrogen-bond acceptors (Lipinski definition) is 7. The van der Waals surface area contributed by atoms with Crippen LogP contribution >= 0.6 is 11.3 Å². The fourth-order valence-electron chi connectivity index (χ4n) is 3.43. The first-order valence-corrected chi connectivity index (χ1v) is 10.7. The lowest BCUT2D eigenvalue weighted by Crippen LogP contribution is -2.48. The van der Waals surface area contributed by atoms with Crippen LogP contribution in [0, 0.1) is 0 Å². The minimum Gasteiger partial charge on any atom is -0.495 e. The summed E-state index contributed by atoms with van der Waals surface area (Å²) in [7, 11) is 1.59. The third-order valence-electron chi connectivity index (χ3n) is 5.12. The van der Waals surface area contributed by atoms with Crippen LogP contribution in [-0.4, -0.2) is 53.5 Å². The molecule has 2 atom stereocenters. The van der Waals surface area contributed by atoms with Crippen molar-refractivity contribution in [2.75, 3.05) is 20.3 Å². The second kappa shape index (κ2) is 9.34. The van der Waals surface area contributed by atoms with Crippen LogP contribution in [0.3, 0.4) is 0 Å². The number of nitrogens with zero attached hydrogens (tertiary/aromatic N) is 2. The van der Waals surface area contributed by atoms with E-state index in [2.05, 4.69) is 15.3 Å². The molecule has 2 N–H and O–H groups in total. The molecule has 1 aliphatic rings. The van der Waals surface area contributed by atoms with Crippen molar-refractivity contribution in [1.82, 2.24) is 15.3 Å². The molecule has 1 aromatic carbocycles. The number of aromatic nitrogens is 2. The molecule has 2 aromatic heterocycles. The average molecular weight is 426 g/mol. The highest BCUT2D eigenvalue weighted by atomic mass is 32.1. The van der Waals surface area contributed by atoms with Gasteiger partial charge in [-0.2, -0.15) is 0 Å². The molecule has 1 saturated heterocycles. The van der Waals surface area contributed by atoms with E-state index in [4.69, 9.17) is 9.47 Å². The Balaban J connectivity index is 1.50. The smallest absolute Gasteiger partial charge is 0.270 e. The van der Waals surface area contributed by atoms with Crippen molar-refractivity contribution in [2.45, 2.75) is 25.0 Å². The first-order chi connectivity index (χ1) is 14.6. The number of hydrogen-bond donors (Lipinski definition) is 2. The molecular formula is C22H23N3O4S. The largest absolute Gasteiger partial charge is 0.495 e. The van der Waals surface area contributed by atoms with E-state index < -0.39 is 6.10 Å². The molecule has 8 heteroatoms. The van der Waals surface area contributed by atoms with Crippen LogP contribution in [0.25, 0.3) is 11.3 Å². The van der Waals surface area contributed by atoms with Gasteiger partial charge in [0.25, 0.3) is 5.91 Å². The number of benzene rings is 1.